The topological polar surface area (TPSA) is 41.6 Å². The first-order valence-electron chi connectivity index (χ1n) is 8.95. The van der Waals surface area contributed by atoms with Crippen molar-refractivity contribution in [3.63, 3.8) is 0 Å². The van der Waals surface area contributed by atoms with Crippen molar-refractivity contribution < 1.29 is 9.53 Å². The Balaban J connectivity index is 1.56. The lowest BCUT2D eigenvalue weighted by Gasteiger charge is -2.26. The van der Waals surface area contributed by atoms with E-state index in [1.54, 1.807) is 7.11 Å². The molecule has 3 aromatic rings. The number of nitrogens with one attached hydrogen (secondary N) is 1. The maximum atomic E-state index is 13.0. The average Bonchev–Trinajstić information content (AvgIpc) is 3.18. The Bertz CT molecular complexity index is 916. The van der Waals surface area contributed by atoms with Gasteiger partial charge in [-0.3, -0.25) is 0 Å². The van der Waals surface area contributed by atoms with Crippen LogP contribution in [0.1, 0.15) is 24.4 Å². The van der Waals surface area contributed by atoms with E-state index in [1.165, 1.54) is 0 Å². The van der Waals surface area contributed by atoms with Gasteiger partial charge < -0.3 is 15.0 Å². The zero-order valence-corrected chi connectivity index (χ0v) is 14.8. The number of urea groups is 1. The minimum Gasteiger partial charge on any atom is -0.497 e. The fourth-order valence-corrected chi connectivity index (χ4v) is 3.70. The zero-order chi connectivity index (χ0) is 17.9. The van der Waals surface area contributed by atoms with Gasteiger partial charge in [0, 0.05) is 11.9 Å². The number of nitrogens with zero attached hydrogens (tertiary/aromatic N) is 1. The first-order valence-corrected chi connectivity index (χ1v) is 8.95. The molecule has 1 heterocycles. The lowest BCUT2D eigenvalue weighted by molar-refractivity contribution is 0.207. The molecule has 1 fully saturated rings. The van der Waals surface area contributed by atoms with Crippen LogP contribution in [-0.2, 0) is 0 Å². The molecule has 1 aliphatic rings. The van der Waals surface area contributed by atoms with Crippen LogP contribution < -0.4 is 10.1 Å². The van der Waals surface area contributed by atoms with E-state index < -0.39 is 0 Å². The van der Waals surface area contributed by atoms with E-state index in [9.17, 15) is 4.79 Å². The SMILES string of the molecule is COc1ccc(C2CCCN2C(=O)Nc2cccc3ccccc23)cc1. The van der Waals surface area contributed by atoms with Crippen molar-refractivity contribution in [2.75, 3.05) is 19.0 Å². The second-order valence-corrected chi connectivity index (χ2v) is 6.58. The van der Waals surface area contributed by atoms with E-state index in [4.69, 9.17) is 4.74 Å². The molecule has 4 heteroatoms. The Morgan fingerprint density at radius 1 is 1.04 bits per heavy atom. The molecule has 4 rings (SSSR count). The number of fused-ring (bicyclic) bond motifs is 1. The van der Waals surface area contributed by atoms with Gasteiger partial charge in [-0.25, -0.2) is 4.79 Å². The summed E-state index contributed by atoms with van der Waals surface area (Å²) in [4.78, 5) is 14.9. The van der Waals surface area contributed by atoms with Crippen LogP contribution in [0, 0.1) is 0 Å². The summed E-state index contributed by atoms with van der Waals surface area (Å²) in [6, 6.07) is 22.2. The summed E-state index contributed by atoms with van der Waals surface area (Å²) >= 11 is 0. The number of hydrogen-bond acceptors (Lipinski definition) is 2. The number of carbonyl (C=O) groups is 1. The number of likely N-dealkylation sites (tertiary alicyclic amines) is 1. The molecular formula is C22H22N2O2. The van der Waals surface area contributed by atoms with Crippen molar-refractivity contribution >= 4 is 22.5 Å². The van der Waals surface area contributed by atoms with Crippen LogP contribution in [0.2, 0.25) is 0 Å². The van der Waals surface area contributed by atoms with Gasteiger partial charge >= 0.3 is 6.03 Å². The van der Waals surface area contributed by atoms with Crippen molar-refractivity contribution in [2.24, 2.45) is 0 Å². The van der Waals surface area contributed by atoms with E-state index in [2.05, 4.69) is 17.4 Å². The summed E-state index contributed by atoms with van der Waals surface area (Å²) in [6.07, 6.45) is 1.99. The highest BCUT2D eigenvalue weighted by atomic mass is 16.5. The van der Waals surface area contributed by atoms with Crippen molar-refractivity contribution in [2.45, 2.75) is 18.9 Å². The predicted octanol–water partition coefficient (Wildman–Crippen LogP) is 5.22. The quantitative estimate of drug-likeness (QED) is 0.706. The maximum absolute atomic E-state index is 13.0. The standard InChI is InChI=1S/C22H22N2O2/c1-26-18-13-11-17(12-14-18)21-10-5-15-24(21)22(25)23-20-9-4-7-16-6-2-3-8-19(16)20/h2-4,6-9,11-14,21H,5,10,15H2,1H3,(H,23,25). The molecule has 0 spiro atoms. The van der Waals surface area contributed by atoms with Crippen molar-refractivity contribution in [3.8, 4) is 5.75 Å². The highest BCUT2D eigenvalue weighted by Gasteiger charge is 2.30. The zero-order valence-electron chi connectivity index (χ0n) is 14.8. The minimum atomic E-state index is -0.0420. The van der Waals surface area contributed by atoms with Gasteiger partial charge in [0.1, 0.15) is 5.75 Å². The molecular weight excluding hydrogens is 324 g/mol. The molecule has 4 nitrogen and oxygen atoms in total. The number of methoxy groups -OCH3 is 1. The summed E-state index contributed by atoms with van der Waals surface area (Å²) in [5.74, 6) is 0.832. The number of carbonyl (C=O) groups excluding carboxylic acids is 1. The van der Waals surface area contributed by atoms with Crippen LogP contribution in [-0.4, -0.2) is 24.6 Å². The fourth-order valence-electron chi connectivity index (χ4n) is 3.70. The Kier molecular flexibility index (Phi) is 4.48. The summed E-state index contributed by atoms with van der Waals surface area (Å²) < 4.78 is 5.23. The van der Waals surface area contributed by atoms with Gasteiger partial charge in [0.15, 0.2) is 0 Å². The first kappa shape index (κ1) is 16.5. The highest BCUT2D eigenvalue weighted by Crippen LogP contribution is 2.33. The molecule has 0 saturated carbocycles. The third-order valence-corrected chi connectivity index (χ3v) is 5.05. The van der Waals surface area contributed by atoms with Gasteiger partial charge in [0.05, 0.1) is 18.8 Å². The number of ether oxygens (including phenoxy) is 1. The molecule has 1 N–H and O–H groups in total. The molecule has 0 radical (unpaired) electrons. The lowest BCUT2D eigenvalue weighted by atomic mass is 10.0. The average molecular weight is 346 g/mol. The van der Waals surface area contributed by atoms with Crippen LogP contribution in [0.3, 0.4) is 0 Å². The molecule has 132 valence electrons. The number of anilines is 1. The number of benzene rings is 3. The van der Waals surface area contributed by atoms with E-state index in [0.29, 0.717) is 0 Å². The van der Waals surface area contributed by atoms with Crippen LogP contribution in [0.25, 0.3) is 10.8 Å². The largest absolute Gasteiger partial charge is 0.497 e. The Labute approximate surface area is 153 Å². The van der Waals surface area contributed by atoms with Crippen molar-refractivity contribution in [1.29, 1.82) is 0 Å². The molecule has 0 aliphatic carbocycles. The molecule has 0 bridgehead atoms. The van der Waals surface area contributed by atoms with Gasteiger partial charge in [0.2, 0.25) is 0 Å². The maximum Gasteiger partial charge on any atom is 0.322 e. The normalized spacial score (nSPS) is 16.7. The lowest BCUT2D eigenvalue weighted by Crippen LogP contribution is -2.34. The third kappa shape index (κ3) is 3.10. The van der Waals surface area contributed by atoms with Gasteiger partial charge in [-0.1, -0.05) is 48.5 Å². The summed E-state index contributed by atoms with van der Waals surface area (Å²) in [7, 11) is 1.66. The Hall–Kier alpha value is -3.01. The monoisotopic (exact) mass is 346 g/mol. The molecule has 1 aliphatic heterocycles. The summed E-state index contributed by atoms with van der Waals surface area (Å²) in [6.45, 7) is 0.771. The molecule has 0 aromatic heterocycles. The molecule has 1 atom stereocenters. The first-order chi connectivity index (χ1) is 12.8. The summed E-state index contributed by atoms with van der Waals surface area (Å²) in [5.41, 5.74) is 2.00. The van der Waals surface area contributed by atoms with Gasteiger partial charge in [-0.05, 0) is 42.0 Å². The number of rotatable bonds is 3. The van der Waals surface area contributed by atoms with E-state index >= 15 is 0 Å². The van der Waals surface area contributed by atoms with E-state index in [-0.39, 0.29) is 12.1 Å². The van der Waals surface area contributed by atoms with E-state index in [0.717, 1.165) is 47.2 Å². The Morgan fingerprint density at radius 2 is 1.81 bits per heavy atom. The minimum absolute atomic E-state index is 0.0420. The third-order valence-electron chi connectivity index (χ3n) is 5.05. The van der Waals surface area contributed by atoms with Crippen molar-refractivity contribution in [1.82, 2.24) is 4.90 Å². The van der Waals surface area contributed by atoms with E-state index in [1.807, 2.05) is 59.5 Å². The summed E-state index contributed by atoms with van der Waals surface area (Å²) in [5, 5.41) is 5.29. The number of amides is 2. The van der Waals surface area contributed by atoms with Gasteiger partial charge in [0.25, 0.3) is 0 Å². The van der Waals surface area contributed by atoms with Crippen LogP contribution in [0.5, 0.6) is 5.75 Å². The van der Waals surface area contributed by atoms with Crippen LogP contribution >= 0.6 is 0 Å². The molecule has 1 unspecified atom stereocenters. The fraction of sp³-hybridized carbons (Fsp3) is 0.227. The van der Waals surface area contributed by atoms with Gasteiger partial charge in [-0.2, -0.15) is 0 Å². The molecule has 1 saturated heterocycles. The van der Waals surface area contributed by atoms with Crippen LogP contribution in [0.15, 0.2) is 66.7 Å². The predicted molar refractivity (Wildman–Crippen MR) is 105 cm³/mol. The smallest absolute Gasteiger partial charge is 0.322 e. The second-order valence-electron chi connectivity index (χ2n) is 6.58. The molecule has 2 amide bonds. The molecule has 26 heavy (non-hydrogen) atoms. The molecule has 3 aromatic carbocycles. The highest BCUT2D eigenvalue weighted by molar-refractivity contribution is 6.01. The number of hydrogen-bond donors (Lipinski definition) is 1. The Morgan fingerprint density at radius 3 is 2.62 bits per heavy atom. The van der Waals surface area contributed by atoms with Crippen LogP contribution in [0.4, 0.5) is 10.5 Å². The van der Waals surface area contributed by atoms with Crippen molar-refractivity contribution in [3.05, 3.63) is 72.3 Å². The van der Waals surface area contributed by atoms with Gasteiger partial charge in [-0.15, -0.1) is 0 Å². The second kappa shape index (κ2) is 7.08.